The number of hydrogen-bond donors (Lipinski definition) is 1. The van der Waals surface area contributed by atoms with Crippen LogP contribution in [0.4, 0.5) is 13.2 Å². The van der Waals surface area contributed by atoms with Crippen LogP contribution < -0.4 is 0 Å². The number of nitrogens with one attached hydrogen (secondary N) is 1. The van der Waals surface area contributed by atoms with Gasteiger partial charge in [0.25, 0.3) is 0 Å². The van der Waals surface area contributed by atoms with Gasteiger partial charge >= 0.3 is 6.18 Å². The van der Waals surface area contributed by atoms with Crippen LogP contribution in [-0.4, -0.2) is 9.97 Å². The first-order valence-electron chi connectivity index (χ1n) is 6.72. The number of allylic oxidation sites excluding steroid dienone is 1. The molecule has 0 saturated heterocycles. The van der Waals surface area contributed by atoms with Gasteiger partial charge in [0.05, 0.1) is 22.2 Å². The predicted molar refractivity (Wildman–Crippen MR) is 81.0 cm³/mol. The summed E-state index contributed by atoms with van der Waals surface area (Å²) >= 11 is 0. The number of aromatic nitrogens is 2. The number of fused-ring (bicyclic) bond motifs is 1. The smallest absolute Gasteiger partial charge is 0.337 e. The highest BCUT2D eigenvalue weighted by Crippen LogP contribution is 2.33. The van der Waals surface area contributed by atoms with E-state index in [0.717, 1.165) is 6.07 Å². The molecule has 23 heavy (non-hydrogen) atoms. The topological polar surface area (TPSA) is 52.5 Å². The zero-order chi connectivity index (χ0) is 16.4. The largest absolute Gasteiger partial charge is 0.416 e. The molecule has 2 aromatic carbocycles. The van der Waals surface area contributed by atoms with E-state index in [9.17, 15) is 18.4 Å². The Hall–Kier alpha value is -3.07. The van der Waals surface area contributed by atoms with Crippen LogP contribution in [0.15, 0.2) is 48.5 Å². The third kappa shape index (κ3) is 2.94. The minimum Gasteiger partial charge on any atom is -0.337 e. The van der Waals surface area contributed by atoms with Crippen molar-refractivity contribution in [3.63, 3.8) is 0 Å². The van der Waals surface area contributed by atoms with Crippen LogP contribution in [0.3, 0.4) is 0 Å². The Morgan fingerprint density at radius 1 is 1.09 bits per heavy atom. The van der Waals surface area contributed by atoms with E-state index in [4.69, 9.17) is 0 Å². The van der Waals surface area contributed by atoms with Crippen molar-refractivity contribution < 1.29 is 13.2 Å². The molecule has 1 N–H and O–H groups in total. The number of rotatable bonds is 2. The standard InChI is InChI=1S/C17H10F3N3/c18-17(19,20)13-6-2-1-5-11(13)9-12(10-21)16-22-14-7-3-4-8-15(14)23-16/h1-9H,(H,22,23)/b12-9+. The normalized spacial score (nSPS) is 12.3. The Kier molecular flexibility index (Phi) is 3.62. The van der Waals surface area contributed by atoms with Crippen molar-refractivity contribution in [3.8, 4) is 6.07 Å². The Labute approximate surface area is 129 Å². The maximum absolute atomic E-state index is 13.0. The third-order valence-electron chi connectivity index (χ3n) is 3.33. The number of halogens is 3. The molecular weight excluding hydrogens is 303 g/mol. The Morgan fingerprint density at radius 2 is 1.78 bits per heavy atom. The average molecular weight is 313 g/mol. The summed E-state index contributed by atoms with van der Waals surface area (Å²) in [6, 6.07) is 14.2. The fraction of sp³-hybridized carbons (Fsp3) is 0.0588. The van der Waals surface area contributed by atoms with Gasteiger partial charge in [0.15, 0.2) is 0 Å². The minimum atomic E-state index is -4.48. The Morgan fingerprint density at radius 3 is 2.48 bits per heavy atom. The first-order chi connectivity index (χ1) is 11.0. The van der Waals surface area contributed by atoms with Gasteiger partial charge in [-0.25, -0.2) is 4.98 Å². The Bertz CT molecular complexity index is 897. The van der Waals surface area contributed by atoms with Crippen LogP contribution in [0.5, 0.6) is 0 Å². The van der Waals surface area contributed by atoms with Gasteiger partial charge in [-0.2, -0.15) is 18.4 Å². The van der Waals surface area contributed by atoms with Crippen LogP contribution >= 0.6 is 0 Å². The maximum Gasteiger partial charge on any atom is 0.416 e. The number of aromatic amines is 1. The molecule has 3 aromatic rings. The molecule has 1 aromatic heterocycles. The fourth-order valence-electron chi connectivity index (χ4n) is 2.27. The van der Waals surface area contributed by atoms with E-state index >= 15 is 0 Å². The molecule has 0 unspecified atom stereocenters. The van der Waals surface area contributed by atoms with Gasteiger partial charge in [0, 0.05) is 0 Å². The average Bonchev–Trinajstić information content (AvgIpc) is 2.95. The summed E-state index contributed by atoms with van der Waals surface area (Å²) in [7, 11) is 0. The lowest BCUT2D eigenvalue weighted by Crippen LogP contribution is -2.07. The Balaban J connectivity index is 2.12. The molecule has 0 aliphatic heterocycles. The molecule has 0 atom stereocenters. The quantitative estimate of drug-likeness (QED) is 0.700. The van der Waals surface area contributed by atoms with Crippen molar-refractivity contribution >= 4 is 22.7 Å². The first-order valence-corrected chi connectivity index (χ1v) is 6.72. The lowest BCUT2D eigenvalue weighted by atomic mass is 10.0. The summed E-state index contributed by atoms with van der Waals surface area (Å²) < 4.78 is 39.1. The summed E-state index contributed by atoms with van der Waals surface area (Å²) in [6.45, 7) is 0. The molecule has 3 rings (SSSR count). The van der Waals surface area contributed by atoms with E-state index in [2.05, 4.69) is 9.97 Å². The van der Waals surface area contributed by atoms with Gasteiger partial charge < -0.3 is 4.98 Å². The second-order valence-electron chi connectivity index (χ2n) is 4.86. The number of para-hydroxylation sites is 2. The van der Waals surface area contributed by atoms with Crippen molar-refractivity contribution in [2.45, 2.75) is 6.18 Å². The highest BCUT2D eigenvalue weighted by Gasteiger charge is 2.32. The van der Waals surface area contributed by atoms with E-state index < -0.39 is 11.7 Å². The SMILES string of the molecule is N#C/C(=C\c1ccccc1C(F)(F)F)c1nc2ccccc2[nH]1. The highest BCUT2D eigenvalue weighted by molar-refractivity contribution is 5.90. The number of hydrogen-bond acceptors (Lipinski definition) is 2. The lowest BCUT2D eigenvalue weighted by molar-refractivity contribution is -0.137. The summed E-state index contributed by atoms with van der Waals surface area (Å²) in [5.41, 5.74) is 0.541. The molecular formula is C17H10F3N3. The van der Waals surface area contributed by atoms with Gasteiger partial charge in [0.2, 0.25) is 0 Å². The van der Waals surface area contributed by atoms with Gasteiger partial charge in [-0.3, -0.25) is 0 Å². The second-order valence-corrected chi connectivity index (χ2v) is 4.86. The molecule has 1 heterocycles. The van der Waals surface area contributed by atoms with E-state index in [1.165, 1.54) is 24.3 Å². The van der Waals surface area contributed by atoms with Gasteiger partial charge in [-0.15, -0.1) is 0 Å². The number of nitriles is 1. The molecule has 114 valence electrons. The number of alkyl halides is 3. The van der Waals surface area contributed by atoms with Gasteiger partial charge in [0.1, 0.15) is 11.9 Å². The van der Waals surface area contributed by atoms with Crippen molar-refractivity contribution in [1.29, 1.82) is 5.26 Å². The molecule has 0 aliphatic carbocycles. The van der Waals surface area contributed by atoms with Crippen LogP contribution in [0.2, 0.25) is 0 Å². The van der Waals surface area contributed by atoms with Crippen LogP contribution in [-0.2, 0) is 6.18 Å². The third-order valence-corrected chi connectivity index (χ3v) is 3.33. The molecule has 0 bridgehead atoms. The zero-order valence-corrected chi connectivity index (χ0v) is 11.7. The van der Waals surface area contributed by atoms with Gasteiger partial charge in [-0.1, -0.05) is 30.3 Å². The summed E-state index contributed by atoms with van der Waals surface area (Å²) in [5, 5.41) is 9.30. The molecule has 3 nitrogen and oxygen atoms in total. The van der Waals surface area contributed by atoms with E-state index in [0.29, 0.717) is 11.0 Å². The van der Waals surface area contributed by atoms with E-state index in [1.807, 2.05) is 6.07 Å². The number of nitrogens with zero attached hydrogens (tertiary/aromatic N) is 2. The zero-order valence-electron chi connectivity index (χ0n) is 11.7. The molecule has 0 radical (unpaired) electrons. The fourth-order valence-corrected chi connectivity index (χ4v) is 2.27. The van der Waals surface area contributed by atoms with Crippen molar-refractivity contribution in [2.24, 2.45) is 0 Å². The molecule has 0 amide bonds. The molecule has 0 aliphatic rings. The molecule has 0 spiro atoms. The van der Waals surface area contributed by atoms with Crippen molar-refractivity contribution in [1.82, 2.24) is 9.97 Å². The van der Waals surface area contributed by atoms with Crippen LogP contribution in [0.25, 0.3) is 22.7 Å². The number of imidazole rings is 1. The second kappa shape index (κ2) is 5.61. The maximum atomic E-state index is 13.0. The molecule has 6 heteroatoms. The lowest BCUT2D eigenvalue weighted by Gasteiger charge is -2.09. The summed E-state index contributed by atoms with van der Waals surface area (Å²) in [4.78, 5) is 7.19. The highest BCUT2D eigenvalue weighted by atomic mass is 19.4. The monoisotopic (exact) mass is 313 g/mol. The number of H-pyrrole nitrogens is 1. The predicted octanol–water partition coefficient (Wildman–Crippen LogP) is 4.65. The van der Waals surface area contributed by atoms with Crippen molar-refractivity contribution in [2.75, 3.05) is 0 Å². The minimum absolute atomic E-state index is 0.0397. The van der Waals surface area contributed by atoms with Crippen LogP contribution in [0, 0.1) is 11.3 Å². The number of benzene rings is 2. The van der Waals surface area contributed by atoms with E-state index in [-0.39, 0.29) is 17.0 Å². The summed E-state index contributed by atoms with van der Waals surface area (Å²) in [5.74, 6) is 0.241. The molecule has 0 fully saturated rings. The molecule has 0 saturated carbocycles. The van der Waals surface area contributed by atoms with Crippen LogP contribution in [0.1, 0.15) is 17.0 Å². The summed E-state index contributed by atoms with van der Waals surface area (Å²) in [6.07, 6.45) is -3.29. The van der Waals surface area contributed by atoms with E-state index in [1.54, 1.807) is 24.3 Å². The first kappa shape index (κ1) is 14.9. The van der Waals surface area contributed by atoms with Gasteiger partial charge in [-0.05, 0) is 29.8 Å². The van der Waals surface area contributed by atoms with Crippen molar-refractivity contribution in [3.05, 3.63) is 65.5 Å².